The Hall–Kier alpha value is -3.12. The molecule has 25 heavy (non-hydrogen) atoms. The quantitative estimate of drug-likeness (QED) is 0.700. The Morgan fingerprint density at radius 3 is 1.44 bits per heavy atom. The molecular formula is C25H16. The van der Waals surface area contributed by atoms with Gasteiger partial charge in [0.2, 0.25) is 0 Å². The summed E-state index contributed by atoms with van der Waals surface area (Å²) in [5.74, 6) is 0. The third kappa shape index (κ3) is 1.57. The molecule has 0 unspecified atom stereocenters. The highest BCUT2D eigenvalue weighted by molar-refractivity contribution is 5.79. The van der Waals surface area contributed by atoms with Crippen LogP contribution in [-0.4, -0.2) is 0 Å². The second kappa shape index (κ2) is 4.49. The van der Waals surface area contributed by atoms with Crippen LogP contribution in [0, 0.1) is 0 Å². The highest BCUT2D eigenvalue weighted by Crippen LogP contribution is 2.38. The zero-order chi connectivity index (χ0) is 16.4. The van der Waals surface area contributed by atoms with Crippen LogP contribution in [0.2, 0.25) is 0 Å². The first kappa shape index (κ1) is 13.2. The number of hydrogen-bond donors (Lipinski definition) is 0. The maximum atomic E-state index is 2.37. The molecule has 0 heteroatoms. The molecule has 0 bridgehead atoms. The fourth-order valence-electron chi connectivity index (χ4n) is 4.77. The van der Waals surface area contributed by atoms with Crippen LogP contribution in [0.5, 0.6) is 0 Å². The van der Waals surface area contributed by atoms with Crippen LogP contribution in [-0.2, 0) is 5.41 Å². The van der Waals surface area contributed by atoms with E-state index in [1.807, 2.05) is 0 Å². The van der Waals surface area contributed by atoms with Gasteiger partial charge in [-0.2, -0.15) is 0 Å². The van der Waals surface area contributed by atoms with Crippen LogP contribution in [0.1, 0.15) is 22.3 Å². The van der Waals surface area contributed by atoms with E-state index in [0.29, 0.717) is 0 Å². The Morgan fingerprint density at radius 1 is 0.480 bits per heavy atom. The van der Waals surface area contributed by atoms with Crippen molar-refractivity contribution in [3.8, 4) is 0 Å². The lowest BCUT2D eigenvalue weighted by atomic mass is 9.66. The van der Waals surface area contributed by atoms with Gasteiger partial charge in [-0.05, 0) is 43.1 Å². The lowest BCUT2D eigenvalue weighted by Gasteiger charge is -2.35. The van der Waals surface area contributed by atoms with E-state index in [-0.39, 0.29) is 5.41 Å². The summed E-state index contributed by atoms with van der Waals surface area (Å²) in [6.45, 7) is 0. The number of hydrogen-bond acceptors (Lipinski definition) is 0. The minimum absolute atomic E-state index is 0.199. The van der Waals surface area contributed by atoms with Gasteiger partial charge in [-0.25, -0.2) is 0 Å². The predicted molar refractivity (Wildman–Crippen MR) is 106 cm³/mol. The zero-order valence-electron chi connectivity index (χ0n) is 13.7. The Bertz CT molecular complexity index is 1220. The van der Waals surface area contributed by atoms with Crippen molar-refractivity contribution in [2.24, 2.45) is 0 Å². The molecule has 0 aromatic heterocycles. The van der Waals surface area contributed by atoms with Crippen molar-refractivity contribution in [3.05, 3.63) is 104 Å². The highest BCUT2D eigenvalue weighted by Gasteiger charge is 2.37. The predicted octanol–water partition coefficient (Wildman–Crippen LogP) is 2.29. The molecule has 0 amide bonds. The molecule has 0 aliphatic heterocycles. The maximum Gasteiger partial charge on any atom is 0.0592 e. The van der Waals surface area contributed by atoms with Crippen LogP contribution in [0.15, 0.2) is 60.7 Å². The number of fused-ring (bicyclic) bond motifs is 8. The molecule has 4 aliphatic rings. The Kier molecular flexibility index (Phi) is 2.37. The number of benzene rings is 2. The second-order valence-corrected chi connectivity index (χ2v) is 7.04. The van der Waals surface area contributed by atoms with Crippen LogP contribution >= 0.6 is 0 Å². The summed E-state index contributed by atoms with van der Waals surface area (Å²) in [6, 6.07) is 9.00. The molecule has 0 atom stereocenters. The lowest BCUT2D eigenvalue weighted by molar-refractivity contribution is 0.785. The van der Waals surface area contributed by atoms with Crippen LogP contribution in [0.25, 0.3) is 36.5 Å². The van der Waals surface area contributed by atoms with Crippen molar-refractivity contribution in [2.45, 2.75) is 5.41 Å². The smallest absolute Gasteiger partial charge is 0.0592 e. The van der Waals surface area contributed by atoms with E-state index < -0.39 is 0 Å². The van der Waals surface area contributed by atoms with Gasteiger partial charge >= 0.3 is 0 Å². The first-order valence-electron chi connectivity index (χ1n) is 8.80. The van der Waals surface area contributed by atoms with Gasteiger partial charge in [0.05, 0.1) is 5.41 Å². The fourth-order valence-corrected chi connectivity index (χ4v) is 4.77. The van der Waals surface area contributed by atoms with E-state index in [1.165, 1.54) is 43.1 Å². The van der Waals surface area contributed by atoms with Crippen molar-refractivity contribution < 1.29 is 0 Å². The minimum atomic E-state index is -0.199. The summed E-state index contributed by atoms with van der Waals surface area (Å²) in [5.41, 5.74) is 5.35. The topological polar surface area (TPSA) is 0 Å². The van der Waals surface area contributed by atoms with E-state index in [4.69, 9.17) is 0 Å². The molecule has 4 aliphatic carbocycles. The average Bonchev–Trinajstić information content (AvgIpc) is 3.30. The average molecular weight is 316 g/mol. The third-order valence-corrected chi connectivity index (χ3v) is 5.80. The van der Waals surface area contributed by atoms with E-state index in [0.717, 1.165) is 0 Å². The Labute approximate surface area is 146 Å². The summed E-state index contributed by atoms with van der Waals surface area (Å²) < 4.78 is 0. The van der Waals surface area contributed by atoms with Gasteiger partial charge in [0.1, 0.15) is 0 Å². The van der Waals surface area contributed by atoms with Crippen LogP contribution in [0.4, 0.5) is 0 Å². The minimum Gasteiger partial charge on any atom is -0.0657 e. The molecule has 0 heterocycles. The summed E-state index contributed by atoms with van der Waals surface area (Å²) in [6.07, 6.45) is 26.9. The SMILES string of the molecule is C1=Cc2c3c(ccc2=C1)=CC=CC31C=CC=c2ccc3c(c21)C=CC=3. The molecule has 2 aromatic carbocycles. The van der Waals surface area contributed by atoms with E-state index in [1.54, 1.807) is 0 Å². The molecular weight excluding hydrogens is 300 g/mol. The standard InChI is InChI=1S/C25H16/c1-5-17-11-13-19-7-3-15-25(23(19)21(17)9-1)16-4-8-20-14-12-18-6-2-10-22(18)24(20)25/h1-16H. The van der Waals surface area contributed by atoms with Gasteiger partial charge in [0, 0.05) is 0 Å². The molecule has 0 saturated heterocycles. The van der Waals surface area contributed by atoms with Gasteiger partial charge in [-0.1, -0.05) is 97.2 Å². The molecule has 0 N–H and O–H groups in total. The highest BCUT2D eigenvalue weighted by atomic mass is 14.4. The van der Waals surface area contributed by atoms with Crippen LogP contribution < -0.4 is 20.9 Å². The Morgan fingerprint density at radius 2 is 0.920 bits per heavy atom. The third-order valence-electron chi connectivity index (χ3n) is 5.80. The van der Waals surface area contributed by atoms with Crippen molar-refractivity contribution in [2.75, 3.05) is 0 Å². The summed E-state index contributed by atoms with van der Waals surface area (Å²) in [5, 5.41) is 5.28. The lowest BCUT2D eigenvalue weighted by Crippen LogP contribution is -2.41. The molecule has 2 aromatic rings. The summed E-state index contributed by atoms with van der Waals surface area (Å²) in [7, 11) is 0. The summed E-state index contributed by atoms with van der Waals surface area (Å²) in [4.78, 5) is 0. The molecule has 116 valence electrons. The van der Waals surface area contributed by atoms with Gasteiger partial charge < -0.3 is 0 Å². The Balaban J connectivity index is 1.84. The van der Waals surface area contributed by atoms with Crippen LogP contribution in [0.3, 0.4) is 0 Å². The van der Waals surface area contributed by atoms with Crippen molar-refractivity contribution in [1.82, 2.24) is 0 Å². The zero-order valence-corrected chi connectivity index (χ0v) is 13.7. The van der Waals surface area contributed by atoms with Crippen molar-refractivity contribution >= 4 is 36.5 Å². The molecule has 6 rings (SSSR count). The van der Waals surface area contributed by atoms with Crippen molar-refractivity contribution in [3.63, 3.8) is 0 Å². The van der Waals surface area contributed by atoms with Gasteiger partial charge in [-0.3, -0.25) is 0 Å². The fraction of sp³-hybridized carbons (Fsp3) is 0.0400. The molecule has 0 fully saturated rings. The molecule has 1 spiro atoms. The first-order valence-corrected chi connectivity index (χ1v) is 8.80. The largest absolute Gasteiger partial charge is 0.0657 e. The second-order valence-electron chi connectivity index (χ2n) is 7.04. The van der Waals surface area contributed by atoms with Gasteiger partial charge in [0.25, 0.3) is 0 Å². The van der Waals surface area contributed by atoms with E-state index in [9.17, 15) is 0 Å². The summed E-state index contributed by atoms with van der Waals surface area (Å²) >= 11 is 0. The number of rotatable bonds is 0. The molecule has 0 radical (unpaired) electrons. The normalized spacial score (nSPS) is 18.6. The maximum absolute atomic E-state index is 2.37. The van der Waals surface area contributed by atoms with E-state index >= 15 is 0 Å². The molecule has 0 nitrogen and oxygen atoms in total. The monoisotopic (exact) mass is 316 g/mol. The number of allylic oxidation sites excluding steroid dienone is 6. The molecule has 0 saturated carbocycles. The van der Waals surface area contributed by atoms with E-state index in [2.05, 4.69) is 97.2 Å². The van der Waals surface area contributed by atoms with Crippen molar-refractivity contribution in [1.29, 1.82) is 0 Å². The van der Waals surface area contributed by atoms with Gasteiger partial charge in [-0.15, -0.1) is 0 Å². The first-order chi connectivity index (χ1) is 12.4. The van der Waals surface area contributed by atoms with Gasteiger partial charge in [0.15, 0.2) is 0 Å².